The second-order valence-corrected chi connectivity index (χ2v) is 4.97. The van der Waals surface area contributed by atoms with Crippen LogP contribution in [0.3, 0.4) is 0 Å². The lowest BCUT2D eigenvalue weighted by Crippen LogP contribution is -2.15. The zero-order chi connectivity index (χ0) is 14.1. The Bertz CT molecular complexity index is 375. The van der Waals surface area contributed by atoms with Gasteiger partial charge in [-0.15, -0.1) is 0 Å². The van der Waals surface area contributed by atoms with E-state index >= 15 is 0 Å². The minimum Gasteiger partial charge on any atom is -0.330 e. The zero-order valence-electron chi connectivity index (χ0n) is 12.0. The monoisotopic (exact) mass is 266 g/mol. The van der Waals surface area contributed by atoms with Crippen LogP contribution in [0.2, 0.25) is 0 Å². The molecule has 1 rings (SSSR count). The fourth-order valence-electron chi connectivity index (χ4n) is 2.15. The molecular weight excluding hydrogens is 240 g/mol. The summed E-state index contributed by atoms with van der Waals surface area (Å²) in [5.41, 5.74) is 6.61. The van der Waals surface area contributed by atoms with Crippen molar-refractivity contribution < 1.29 is 4.79 Å². The van der Waals surface area contributed by atoms with Gasteiger partial charge in [0.05, 0.1) is 0 Å². The van der Waals surface area contributed by atoms with Gasteiger partial charge in [0.2, 0.25) is 5.91 Å². The molecule has 0 fully saturated rings. The quantitative estimate of drug-likeness (QED) is 0.642. The van der Waals surface area contributed by atoms with Crippen molar-refractivity contribution in [2.24, 2.45) is 11.7 Å². The van der Waals surface area contributed by atoms with E-state index in [1.807, 2.05) is 6.07 Å². The number of nitrogens with zero attached hydrogens (tertiary/aromatic N) is 1. The van der Waals surface area contributed by atoms with Gasteiger partial charge in [-0.05, 0) is 31.7 Å². The van der Waals surface area contributed by atoms with Crippen molar-refractivity contribution in [1.82, 2.24) is 10.2 Å². The smallest absolute Gasteiger partial charge is 0.225 e. The van der Waals surface area contributed by atoms with E-state index in [9.17, 15) is 4.79 Å². The third kappa shape index (κ3) is 5.87. The number of nitrogens with two attached hydrogens (primary N) is 1. The van der Waals surface area contributed by atoms with Crippen molar-refractivity contribution in [2.75, 3.05) is 11.9 Å². The normalized spacial score (nSPS) is 12.4. The summed E-state index contributed by atoms with van der Waals surface area (Å²) in [5, 5.41) is 9.84. The van der Waals surface area contributed by atoms with E-state index in [1.165, 1.54) is 0 Å². The molecule has 0 bridgehead atoms. The fraction of sp³-hybridized carbons (Fsp3) is 0.714. The summed E-state index contributed by atoms with van der Waals surface area (Å²) in [7, 11) is 0. The second kappa shape index (κ2) is 8.69. The number of carbonyl (C=O) groups excluding carboxylic acids is 1. The Morgan fingerprint density at radius 2 is 2.26 bits per heavy atom. The first-order valence-corrected chi connectivity index (χ1v) is 7.23. The second-order valence-electron chi connectivity index (χ2n) is 4.97. The molecule has 108 valence electrons. The summed E-state index contributed by atoms with van der Waals surface area (Å²) in [4.78, 5) is 11.8. The Kier molecular flexibility index (Phi) is 7.18. The van der Waals surface area contributed by atoms with Gasteiger partial charge in [-0.3, -0.25) is 9.89 Å². The van der Waals surface area contributed by atoms with Crippen LogP contribution in [0.4, 0.5) is 5.82 Å². The molecule has 0 aromatic carbocycles. The Morgan fingerprint density at radius 1 is 1.47 bits per heavy atom. The van der Waals surface area contributed by atoms with Gasteiger partial charge in [0, 0.05) is 18.2 Å². The molecule has 0 aliphatic heterocycles. The minimum atomic E-state index is 0.0324. The summed E-state index contributed by atoms with van der Waals surface area (Å²) >= 11 is 0. The molecule has 1 aromatic rings. The molecule has 0 radical (unpaired) electrons. The first kappa shape index (κ1) is 15.7. The van der Waals surface area contributed by atoms with Gasteiger partial charge >= 0.3 is 0 Å². The Morgan fingerprint density at radius 3 is 2.89 bits per heavy atom. The van der Waals surface area contributed by atoms with Crippen molar-refractivity contribution in [3.8, 4) is 0 Å². The molecule has 0 aliphatic carbocycles. The number of H-pyrrole nitrogens is 1. The number of hydrogen-bond acceptors (Lipinski definition) is 3. The van der Waals surface area contributed by atoms with E-state index in [0.29, 0.717) is 24.7 Å². The maximum Gasteiger partial charge on any atom is 0.225 e. The fourth-order valence-corrected chi connectivity index (χ4v) is 2.15. The lowest BCUT2D eigenvalue weighted by Gasteiger charge is -2.12. The highest BCUT2D eigenvalue weighted by molar-refractivity contribution is 5.89. The van der Waals surface area contributed by atoms with E-state index in [0.717, 1.165) is 37.8 Å². The standard InChI is InChI=1S/C14H26N4O/c1-3-5-12-10-13(18-17-12)16-14(19)7-6-11(4-2)8-9-15/h10-11H,3-9,15H2,1-2H3,(H2,16,17,18,19). The molecule has 0 spiro atoms. The summed E-state index contributed by atoms with van der Waals surface area (Å²) in [6, 6.07) is 1.90. The molecule has 1 unspecified atom stereocenters. The topological polar surface area (TPSA) is 83.8 Å². The van der Waals surface area contributed by atoms with E-state index < -0.39 is 0 Å². The minimum absolute atomic E-state index is 0.0324. The third-order valence-corrected chi connectivity index (χ3v) is 3.35. The van der Waals surface area contributed by atoms with Crippen LogP contribution in [0.5, 0.6) is 0 Å². The largest absolute Gasteiger partial charge is 0.330 e. The predicted molar refractivity (Wildman–Crippen MR) is 77.9 cm³/mol. The Labute approximate surface area is 115 Å². The van der Waals surface area contributed by atoms with Gasteiger partial charge in [-0.1, -0.05) is 26.7 Å². The molecule has 0 saturated carbocycles. The van der Waals surface area contributed by atoms with Crippen molar-refractivity contribution in [1.29, 1.82) is 0 Å². The van der Waals surface area contributed by atoms with E-state index in [-0.39, 0.29) is 5.91 Å². The maximum absolute atomic E-state index is 11.8. The van der Waals surface area contributed by atoms with Crippen LogP contribution in [0, 0.1) is 5.92 Å². The van der Waals surface area contributed by atoms with E-state index in [4.69, 9.17) is 5.73 Å². The molecule has 5 nitrogen and oxygen atoms in total. The lowest BCUT2D eigenvalue weighted by atomic mass is 9.96. The summed E-state index contributed by atoms with van der Waals surface area (Å²) in [6.07, 6.45) is 5.52. The summed E-state index contributed by atoms with van der Waals surface area (Å²) in [5.74, 6) is 1.20. The van der Waals surface area contributed by atoms with Gasteiger partial charge in [-0.25, -0.2) is 0 Å². The van der Waals surface area contributed by atoms with Crippen molar-refractivity contribution >= 4 is 11.7 Å². The summed E-state index contributed by atoms with van der Waals surface area (Å²) < 4.78 is 0. The first-order valence-electron chi connectivity index (χ1n) is 7.23. The molecule has 1 atom stereocenters. The van der Waals surface area contributed by atoms with Crippen LogP contribution < -0.4 is 11.1 Å². The van der Waals surface area contributed by atoms with Crippen molar-refractivity contribution in [3.63, 3.8) is 0 Å². The molecule has 4 N–H and O–H groups in total. The van der Waals surface area contributed by atoms with Crippen molar-refractivity contribution in [2.45, 2.75) is 52.4 Å². The van der Waals surface area contributed by atoms with Crippen LogP contribution in [0.15, 0.2) is 6.07 Å². The predicted octanol–water partition coefficient (Wildman–Crippen LogP) is 2.46. The highest BCUT2D eigenvalue weighted by atomic mass is 16.1. The highest BCUT2D eigenvalue weighted by Gasteiger charge is 2.10. The van der Waals surface area contributed by atoms with E-state index in [2.05, 4.69) is 29.4 Å². The zero-order valence-corrected chi connectivity index (χ0v) is 12.0. The molecule has 19 heavy (non-hydrogen) atoms. The lowest BCUT2D eigenvalue weighted by molar-refractivity contribution is -0.116. The third-order valence-electron chi connectivity index (χ3n) is 3.35. The van der Waals surface area contributed by atoms with E-state index in [1.54, 1.807) is 0 Å². The van der Waals surface area contributed by atoms with Gasteiger partial charge < -0.3 is 11.1 Å². The maximum atomic E-state index is 11.8. The summed E-state index contributed by atoms with van der Waals surface area (Å²) in [6.45, 7) is 4.95. The number of aryl methyl sites for hydroxylation is 1. The van der Waals surface area contributed by atoms with Gasteiger partial charge in [0.1, 0.15) is 0 Å². The van der Waals surface area contributed by atoms with Gasteiger partial charge in [0.25, 0.3) is 0 Å². The number of hydrogen-bond donors (Lipinski definition) is 3. The number of nitrogens with one attached hydrogen (secondary N) is 2. The number of amides is 1. The Hall–Kier alpha value is -1.36. The van der Waals surface area contributed by atoms with Crippen LogP contribution in [-0.4, -0.2) is 22.6 Å². The number of anilines is 1. The Balaban J connectivity index is 2.33. The number of carbonyl (C=O) groups is 1. The van der Waals surface area contributed by atoms with Crippen LogP contribution in [-0.2, 0) is 11.2 Å². The van der Waals surface area contributed by atoms with Crippen LogP contribution >= 0.6 is 0 Å². The molecule has 1 amide bonds. The number of aromatic amines is 1. The SMILES string of the molecule is CCCc1cc(NC(=O)CCC(CC)CCN)n[nH]1. The molecular formula is C14H26N4O. The highest BCUT2D eigenvalue weighted by Crippen LogP contribution is 2.15. The van der Waals surface area contributed by atoms with Crippen molar-refractivity contribution in [3.05, 3.63) is 11.8 Å². The molecule has 0 saturated heterocycles. The van der Waals surface area contributed by atoms with Gasteiger partial charge in [-0.2, -0.15) is 5.10 Å². The average molecular weight is 266 g/mol. The molecule has 1 aromatic heterocycles. The number of rotatable bonds is 9. The van der Waals surface area contributed by atoms with Crippen LogP contribution in [0.1, 0.15) is 51.6 Å². The number of aromatic nitrogens is 2. The first-order chi connectivity index (χ1) is 9.19. The molecule has 1 heterocycles. The molecule has 5 heteroatoms. The van der Waals surface area contributed by atoms with Gasteiger partial charge in [0.15, 0.2) is 5.82 Å². The average Bonchev–Trinajstić information content (AvgIpc) is 2.82. The van der Waals surface area contributed by atoms with Crippen LogP contribution in [0.25, 0.3) is 0 Å². The molecule has 0 aliphatic rings.